The highest BCUT2D eigenvalue weighted by Crippen LogP contribution is 2.40. The average Bonchev–Trinajstić information content (AvgIpc) is 3.57. The summed E-state index contributed by atoms with van der Waals surface area (Å²) in [5.74, 6) is -4.63. The Morgan fingerprint density at radius 2 is 1.02 bits per heavy atom. The van der Waals surface area contributed by atoms with E-state index in [-0.39, 0.29) is 22.3 Å². The van der Waals surface area contributed by atoms with E-state index < -0.39 is 104 Å². The van der Waals surface area contributed by atoms with Crippen molar-refractivity contribution in [1.29, 1.82) is 0 Å². The molecule has 4 aromatic carbocycles. The van der Waals surface area contributed by atoms with E-state index in [9.17, 15) is 29.4 Å². The highest BCUT2D eigenvalue weighted by atomic mass is 16.8. The van der Waals surface area contributed by atoms with Gasteiger partial charge in [0.15, 0.2) is 36.7 Å². The second-order valence-electron chi connectivity index (χ2n) is 14.1. The monoisotopic (exact) mass is 798 g/mol. The number of benzene rings is 4. The van der Waals surface area contributed by atoms with Gasteiger partial charge in [0.05, 0.1) is 28.9 Å². The Morgan fingerprint density at radius 3 is 1.50 bits per heavy atom. The van der Waals surface area contributed by atoms with Gasteiger partial charge in [0.25, 0.3) is 0 Å². The Balaban J connectivity index is 1.31. The van der Waals surface area contributed by atoms with Crippen molar-refractivity contribution in [2.45, 2.75) is 81.0 Å². The number of carbonyl (C=O) groups excluding carboxylic acids is 4. The number of ether oxygens (including phenoxy) is 9. The van der Waals surface area contributed by atoms with Crippen molar-refractivity contribution in [2.75, 3.05) is 13.2 Å². The van der Waals surface area contributed by atoms with Crippen molar-refractivity contribution in [2.24, 2.45) is 0 Å². The molecule has 10 atom stereocenters. The molecule has 3 fully saturated rings. The van der Waals surface area contributed by atoms with Crippen LogP contribution in [0.25, 0.3) is 0 Å². The van der Waals surface area contributed by atoms with Crippen LogP contribution in [0.2, 0.25) is 0 Å². The lowest BCUT2D eigenvalue weighted by atomic mass is 9.96. The lowest BCUT2D eigenvalue weighted by Crippen LogP contribution is -2.66. The summed E-state index contributed by atoms with van der Waals surface area (Å²) < 4.78 is 54.7. The minimum atomic E-state index is -1.75. The Morgan fingerprint density at radius 1 is 0.569 bits per heavy atom. The second-order valence-corrected chi connectivity index (χ2v) is 14.1. The quantitative estimate of drug-likeness (QED) is 0.155. The largest absolute Gasteiger partial charge is 0.459 e. The molecule has 0 bridgehead atoms. The third-order valence-corrected chi connectivity index (χ3v) is 9.65. The fourth-order valence-electron chi connectivity index (χ4n) is 6.84. The summed E-state index contributed by atoms with van der Waals surface area (Å²) in [6.07, 6.45) is -14.7. The minimum Gasteiger partial charge on any atom is -0.459 e. The predicted molar refractivity (Wildman–Crippen MR) is 199 cm³/mol. The van der Waals surface area contributed by atoms with Crippen molar-refractivity contribution >= 4 is 23.9 Å². The fourth-order valence-corrected chi connectivity index (χ4v) is 6.84. The molecule has 0 amide bonds. The molecule has 2 N–H and O–H groups in total. The van der Waals surface area contributed by atoms with Crippen LogP contribution >= 0.6 is 0 Å². The number of carbonyl (C=O) groups is 4. The van der Waals surface area contributed by atoms with Gasteiger partial charge in [0, 0.05) is 0 Å². The fraction of sp³-hybridized carbons (Fsp3) is 0.349. The van der Waals surface area contributed by atoms with Crippen LogP contribution < -0.4 is 0 Å². The van der Waals surface area contributed by atoms with E-state index in [0.29, 0.717) is 0 Å². The number of aliphatic hydroxyl groups excluding tert-OH is 2. The first-order chi connectivity index (χ1) is 28.0. The van der Waals surface area contributed by atoms with E-state index in [1.54, 1.807) is 86.6 Å². The van der Waals surface area contributed by atoms with Gasteiger partial charge in [-0.2, -0.15) is 0 Å². The van der Waals surface area contributed by atoms with E-state index in [1.807, 2.05) is 0 Å². The van der Waals surface area contributed by atoms with Gasteiger partial charge in [-0.1, -0.05) is 72.8 Å². The number of aliphatic hydroxyl groups is 2. The molecule has 304 valence electrons. The third kappa shape index (κ3) is 9.27. The van der Waals surface area contributed by atoms with Crippen LogP contribution in [0.4, 0.5) is 0 Å². The molecule has 3 heterocycles. The summed E-state index contributed by atoms with van der Waals surface area (Å²) in [7, 11) is 0. The molecule has 0 unspecified atom stereocenters. The van der Waals surface area contributed by atoms with Crippen molar-refractivity contribution in [3.05, 3.63) is 144 Å². The molecule has 7 rings (SSSR count). The molecule has 58 heavy (non-hydrogen) atoms. The molecule has 0 radical (unpaired) electrons. The normalized spacial score (nSPS) is 28.7. The first-order valence-corrected chi connectivity index (χ1v) is 18.6. The molecule has 3 saturated heterocycles. The van der Waals surface area contributed by atoms with Crippen LogP contribution in [0.5, 0.6) is 0 Å². The van der Waals surface area contributed by atoms with E-state index in [2.05, 4.69) is 0 Å². The highest BCUT2D eigenvalue weighted by molar-refractivity contribution is 5.91. The number of fused-ring (bicyclic) bond motifs is 1. The van der Waals surface area contributed by atoms with E-state index in [1.165, 1.54) is 48.5 Å². The zero-order valence-corrected chi connectivity index (χ0v) is 31.4. The smallest absolute Gasteiger partial charge is 0.338 e. The van der Waals surface area contributed by atoms with Crippen LogP contribution in [0, 0.1) is 0 Å². The van der Waals surface area contributed by atoms with Gasteiger partial charge in [-0.15, -0.1) is 0 Å². The topological polar surface area (TPSA) is 192 Å². The molecule has 15 nitrogen and oxygen atoms in total. The SMILES string of the molecule is CC1(C)O[C@H]2O[C@H](CO)[C@H](O)[C@H](O[C@@H]3O[C@H](COC(=O)c4ccccc4)[C@@H](OC(=O)c4ccccc4)[C@H](OC(=O)c4ccccc4)[C@H]3OC(=O)c3ccccc3)[C@H]2O1. The lowest BCUT2D eigenvalue weighted by molar-refractivity contribution is -0.342. The van der Waals surface area contributed by atoms with Crippen molar-refractivity contribution in [1.82, 2.24) is 0 Å². The van der Waals surface area contributed by atoms with Gasteiger partial charge in [0.1, 0.15) is 37.1 Å². The van der Waals surface area contributed by atoms with E-state index in [4.69, 9.17) is 42.6 Å². The molecular formula is C43H42O15. The Hall–Kier alpha value is -5.52. The van der Waals surface area contributed by atoms with Gasteiger partial charge in [-0.25, -0.2) is 19.2 Å². The summed E-state index contributed by atoms with van der Waals surface area (Å²) in [4.78, 5) is 54.9. The molecule has 3 aliphatic heterocycles. The summed E-state index contributed by atoms with van der Waals surface area (Å²) in [5.41, 5.74) is 0.538. The van der Waals surface area contributed by atoms with Crippen LogP contribution in [0.1, 0.15) is 55.3 Å². The van der Waals surface area contributed by atoms with Gasteiger partial charge >= 0.3 is 23.9 Å². The van der Waals surface area contributed by atoms with Crippen molar-refractivity contribution in [3.8, 4) is 0 Å². The highest BCUT2D eigenvalue weighted by Gasteiger charge is 2.59. The molecule has 4 aromatic rings. The van der Waals surface area contributed by atoms with E-state index >= 15 is 0 Å². The van der Waals surface area contributed by atoms with Gasteiger partial charge in [0.2, 0.25) is 0 Å². The zero-order chi connectivity index (χ0) is 40.8. The summed E-state index contributed by atoms with van der Waals surface area (Å²) in [6, 6.07) is 31.9. The number of hydrogen-bond acceptors (Lipinski definition) is 15. The Bertz CT molecular complexity index is 2010. The van der Waals surface area contributed by atoms with Crippen molar-refractivity contribution in [3.63, 3.8) is 0 Å². The van der Waals surface area contributed by atoms with Gasteiger partial charge in [-0.05, 0) is 62.4 Å². The average molecular weight is 799 g/mol. The lowest BCUT2D eigenvalue weighted by Gasteiger charge is -2.47. The zero-order valence-electron chi connectivity index (χ0n) is 31.4. The number of hydrogen-bond donors (Lipinski definition) is 2. The minimum absolute atomic E-state index is 0.104. The Kier molecular flexibility index (Phi) is 12.6. The van der Waals surface area contributed by atoms with Crippen molar-refractivity contribution < 1.29 is 72.0 Å². The molecule has 15 heteroatoms. The van der Waals surface area contributed by atoms with Gasteiger partial charge in [-0.3, -0.25) is 0 Å². The summed E-state index contributed by atoms with van der Waals surface area (Å²) in [5, 5.41) is 21.7. The number of esters is 4. The first kappa shape index (κ1) is 40.7. The Labute approximate surface area is 333 Å². The maximum Gasteiger partial charge on any atom is 0.338 e. The summed E-state index contributed by atoms with van der Waals surface area (Å²) in [6.45, 7) is 2.01. The second kappa shape index (κ2) is 18.0. The van der Waals surface area contributed by atoms with Gasteiger partial charge < -0.3 is 52.8 Å². The molecular weight excluding hydrogens is 756 g/mol. The predicted octanol–water partition coefficient (Wildman–Crippen LogP) is 3.86. The third-order valence-electron chi connectivity index (χ3n) is 9.65. The summed E-state index contributed by atoms with van der Waals surface area (Å²) >= 11 is 0. The molecule has 0 saturated carbocycles. The standard InChI is InChI=1S/C43H42O15/c1-43(2)57-36-33(31(45)29(23-44)51-42(36)58-43)56-41-35(55-40(49)28-21-13-6-14-22-28)34(54-39(48)27-19-11-5-12-20-27)32(53-38(47)26-17-9-4-10-18-26)30(52-41)24-50-37(46)25-15-7-3-8-16-25/h3-22,29-36,41-42,44-45H,23-24H2,1-2H3/t29-,30-,31+,32-,33+,34+,35-,36-,41+,42-/m1/s1. The first-order valence-electron chi connectivity index (χ1n) is 18.6. The molecule has 0 aromatic heterocycles. The molecule has 3 aliphatic rings. The van der Waals surface area contributed by atoms with Crippen LogP contribution in [0.3, 0.4) is 0 Å². The molecule has 0 aliphatic carbocycles. The van der Waals surface area contributed by atoms with E-state index in [0.717, 1.165) is 0 Å². The maximum absolute atomic E-state index is 13.9. The number of rotatable bonds is 12. The maximum atomic E-state index is 13.9. The van der Waals surface area contributed by atoms with Crippen LogP contribution in [-0.4, -0.2) is 115 Å². The van der Waals surface area contributed by atoms with Crippen LogP contribution in [-0.2, 0) is 42.6 Å². The van der Waals surface area contributed by atoms with Crippen LogP contribution in [0.15, 0.2) is 121 Å². The molecule has 0 spiro atoms.